The van der Waals surface area contributed by atoms with Crippen LogP contribution in [0.3, 0.4) is 0 Å². The van der Waals surface area contributed by atoms with Gasteiger partial charge in [0.05, 0.1) is 11.8 Å². The monoisotopic (exact) mass is 386 g/mol. The highest BCUT2D eigenvalue weighted by Gasteiger charge is 2.32. The predicted molar refractivity (Wildman–Crippen MR) is 93.0 cm³/mol. The Bertz CT molecular complexity index is 673. The maximum atomic E-state index is 12.3. The number of benzene rings is 1. The Morgan fingerprint density at radius 1 is 1.12 bits per heavy atom. The molecule has 144 valence electrons. The van der Waals surface area contributed by atoms with E-state index in [1.165, 1.54) is 6.92 Å². The van der Waals surface area contributed by atoms with Crippen LogP contribution in [0.2, 0.25) is 0 Å². The van der Waals surface area contributed by atoms with E-state index in [-0.39, 0.29) is 13.0 Å². The molecule has 0 aliphatic rings. The summed E-state index contributed by atoms with van der Waals surface area (Å²) in [6.07, 6.45) is -1.66. The Morgan fingerprint density at radius 3 is 2.27 bits per heavy atom. The van der Waals surface area contributed by atoms with Gasteiger partial charge in [0.15, 0.2) is 0 Å². The van der Waals surface area contributed by atoms with Gasteiger partial charge in [-0.1, -0.05) is 37.3 Å². The molecule has 1 rings (SSSR count). The van der Waals surface area contributed by atoms with E-state index in [4.69, 9.17) is 14.9 Å². The second-order valence-electron chi connectivity index (χ2n) is 6.17. The van der Waals surface area contributed by atoms with Gasteiger partial charge in [0.25, 0.3) is 0 Å². The smallest absolute Gasteiger partial charge is 0.309 e. The molecule has 9 heteroatoms. The highest BCUT2D eigenvalue weighted by atomic mass is 31.2. The molecule has 2 unspecified atom stereocenters. The summed E-state index contributed by atoms with van der Waals surface area (Å²) in [6, 6.07) is 8.94. The molecular weight excluding hydrogens is 363 g/mol. The van der Waals surface area contributed by atoms with Crippen LogP contribution in [0.15, 0.2) is 30.3 Å². The number of carbonyl (C=O) groups excluding carboxylic acids is 1. The third kappa shape index (κ3) is 8.27. The molecule has 0 aliphatic carbocycles. The van der Waals surface area contributed by atoms with Gasteiger partial charge in [0.1, 0.15) is 6.61 Å². The summed E-state index contributed by atoms with van der Waals surface area (Å²) in [4.78, 5) is 43.7. The maximum Gasteiger partial charge on any atom is 0.309 e. The molecule has 26 heavy (non-hydrogen) atoms. The average Bonchev–Trinajstić information content (AvgIpc) is 2.56. The van der Waals surface area contributed by atoms with Gasteiger partial charge in [0.2, 0.25) is 7.37 Å². The summed E-state index contributed by atoms with van der Waals surface area (Å²) in [5.74, 6) is -5.31. The van der Waals surface area contributed by atoms with Gasteiger partial charge in [-0.25, -0.2) is 0 Å². The first-order valence-electron chi connectivity index (χ1n) is 8.06. The van der Waals surface area contributed by atoms with Gasteiger partial charge in [-0.3, -0.25) is 18.9 Å². The number of carboxylic acids is 2. The fourth-order valence-corrected chi connectivity index (χ4v) is 4.56. The van der Waals surface area contributed by atoms with Gasteiger partial charge in [-0.2, -0.15) is 0 Å². The molecule has 0 radical (unpaired) electrons. The van der Waals surface area contributed by atoms with Crippen molar-refractivity contribution >= 4 is 25.3 Å². The molecule has 0 fully saturated rings. The lowest BCUT2D eigenvalue weighted by Gasteiger charge is -2.19. The van der Waals surface area contributed by atoms with E-state index in [1.807, 2.05) is 6.07 Å². The van der Waals surface area contributed by atoms with E-state index in [2.05, 4.69) is 0 Å². The molecule has 0 aliphatic heterocycles. The first-order valence-corrected chi connectivity index (χ1v) is 10.1. The van der Waals surface area contributed by atoms with Crippen molar-refractivity contribution < 1.29 is 38.8 Å². The summed E-state index contributed by atoms with van der Waals surface area (Å²) in [7, 11) is -3.94. The molecule has 3 atom stereocenters. The lowest BCUT2D eigenvalue weighted by Crippen LogP contribution is -2.23. The molecule has 1 aromatic carbocycles. The highest BCUT2D eigenvalue weighted by molar-refractivity contribution is 7.58. The Morgan fingerprint density at radius 2 is 1.73 bits per heavy atom. The second kappa shape index (κ2) is 10.1. The Labute approximate surface area is 151 Å². The predicted octanol–water partition coefficient (Wildman–Crippen LogP) is 2.20. The number of rotatable bonds is 11. The Kier molecular flexibility index (Phi) is 8.48. The molecule has 0 aromatic heterocycles. The van der Waals surface area contributed by atoms with Gasteiger partial charge in [0, 0.05) is 18.7 Å². The van der Waals surface area contributed by atoms with E-state index in [9.17, 15) is 23.8 Å². The van der Waals surface area contributed by atoms with Crippen LogP contribution in [-0.2, 0) is 30.3 Å². The van der Waals surface area contributed by atoms with Crippen LogP contribution < -0.4 is 0 Å². The maximum absolute atomic E-state index is 12.3. The van der Waals surface area contributed by atoms with Crippen LogP contribution in [0, 0.1) is 11.8 Å². The van der Waals surface area contributed by atoms with Crippen molar-refractivity contribution in [2.24, 2.45) is 11.8 Å². The SMILES string of the molecule is C[C@@H](CP(=O)(O)CC(CCC(=O)O)C(=O)O)C(=O)OCc1ccccc1. The molecule has 8 nitrogen and oxygen atoms in total. The molecule has 0 saturated heterocycles. The van der Waals surface area contributed by atoms with Crippen molar-refractivity contribution in [2.45, 2.75) is 26.4 Å². The topological polar surface area (TPSA) is 138 Å². The number of ether oxygens (including phenoxy) is 1. The van der Waals surface area contributed by atoms with Crippen LogP contribution in [0.1, 0.15) is 25.3 Å². The molecule has 3 N–H and O–H groups in total. The van der Waals surface area contributed by atoms with Crippen molar-refractivity contribution in [1.29, 1.82) is 0 Å². The number of carboxylic acid groups (broad SMARTS) is 2. The summed E-state index contributed by atoms with van der Waals surface area (Å²) in [6.45, 7) is 1.47. The first-order chi connectivity index (χ1) is 12.1. The number of hydrogen-bond donors (Lipinski definition) is 3. The van der Waals surface area contributed by atoms with E-state index < -0.39 is 55.9 Å². The van der Waals surface area contributed by atoms with Crippen molar-refractivity contribution in [1.82, 2.24) is 0 Å². The van der Waals surface area contributed by atoms with Crippen molar-refractivity contribution in [2.75, 3.05) is 12.3 Å². The molecule has 0 amide bonds. The minimum Gasteiger partial charge on any atom is -0.481 e. The zero-order chi connectivity index (χ0) is 19.7. The first kappa shape index (κ1) is 21.9. The summed E-state index contributed by atoms with van der Waals surface area (Å²) < 4.78 is 17.4. The summed E-state index contributed by atoms with van der Waals surface area (Å²) in [5.41, 5.74) is 0.778. The lowest BCUT2D eigenvalue weighted by atomic mass is 10.1. The van der Waals surface area contributed by atoms with E-state index in [0.717, 1.165) is 5.56 Å². The third-order valence-corrected chi connectivity index (χ3v) is 5.88. The van der Waals surface area contributed by atoms with Crippen molar-refractivity contribution in [3.63, 3.8) is 0 Å². The fourth-order valence-electron chi connectivity index (χ4n) is 2.38. The van der Waals surface area contributed by atoms with Gasteiger partial charge in [-0.05, 0) is 12.0 Å². The fraction of sp³-hybridized carbons (Fsp3) is 0.471. The third-order valence-electron chi connectivity index (χ3n) is 3.75. The molecule has 0 heterocycles. The molecule has 0 saturated carbocycles. The van der Waals surface area contributed by atoms with E-state index >= 15 is 0 Å². The largest absolute Gasteiger partial charge is 0.481 e. The average molecular weight is 386 g/mol. The summed E-state index contributed by atoms with van der Waals surface area (Å²) >= 11 is 0. The highest BCUT2D eigenvalue weighted by Crippen LogP contribution is 2.45. The molecule has 0 bridgehead atoms. The Hall–Kier alpha value is -2.18. The second-order valence-corrected chi connectivity index (χ2v) is 8.60. The van der Waals surface area contributed by atoms with Crippen LogP contribution in [-0.4, -0.2) is 45.3 Å². The number of hydrogen-bond acceptors (Lipinski definition) is 5. The van der Waals surface area contributed by atoms with Gasteiger partial charge < -0.3 is 19.8 Å². The lowest BCUT2D eigenvalue weighted by molar-refractivity contribution is -0.148. The summed E-state index contributed by atoms with van der Waals surface area (Å²) in [5, 5.41) is 17.7. The van der Waals surface area contributed by atoms with Crippen molar-refractivity contribution in [3.05, 3.63) is 35.9 Å². The quantitative estimate of drug-likeness (QED) is 0.389. The van der Waals surface area contributed by atoms with Gasteiger partial charge in [-0.15, -0.1) is 0 Å². The van der Waals surface area contributed by atoms with Crippen LogP contribution >= 0.6 is 7.37 Å². The minimum atomic E-state index is -3.94. The van der Waals surface area contributed by atoms with Crippen LogP contribution in [0.25, 0.3) is 0 Å². The minimum absolute atomic E-state index is 0.0378. The molecule has 0 spiro atoms. The number of carbonyl (C=O) groups is 3. The van der Waals surface area contributed by atoms with Gasteiger partial charge >= 0.3 is 17.9 Å². The van der Waals surface area contributed by atoms with Crippen molar-refractivity contribution in [3.8, 4) is 0 Å². The molecular formula is C17H23O8P. The zero-order valence-corrected chi connectivity index (χ0v) is 15.3. The van der Waals surface area contributed by atoms with Crippen LogP contribution in [0.4, 0.5) is 0 Å². The number of aliphatic carboxylic acids is 2. The standard InChI is InChI=1S/C17H23O8P/c1-12(17(22)25-9-13-5-3-2-4-6-13)10-26(23,24)11-14(16(20)21)7-8-15(18)19/h2-6,12,14H,7-11H2,1H3,(H,18,19)(H,20,21)(H,23,24)/t12-,14?/m0/s1. The zero-order valence-electron chi connectivity index (χ0n) is 14.4. The normalized spacial score (nSPS) is 15.5. The number of esters is 1. The molecule has 1 aromatic rings. The van der Waals surface area contributed by atoms with Crippen LogP contribution in [0.5, 0.6) is 0 Å². The van der Waals surface area contributed by atoms with E-state index in [1.54, 1.807) is 24.3 Å². The van der Waals surface area contributed by atoms with E-state index in [0.29, 0.717) is 0 Å². The Balaban J connectivity index is 2.57.